The van der Waals surface area contributed by atoms with Crippen LogP contribution >= 0.6 is 0 Å². The fraction of sp³-hybridized carbons (Fsp3) is 0.292. The normalized spacial score (nSPS) is 13.9. The first kappa shape index (κ1) is 21.1. The van der Waals surface area contributed by atoms with E-state index in [2.05, 4.69) is 4.98 Å². The predicted octanol–water partition coefficient (Wildman–Crippen LogP) is 4.74. The minimum Gasteiger partial charge on any atom is -0.507 e. The highest BCUT2D eigenvalue weighted by atomic mass is 16.5. The summed E-state index contributed by atoms with van der Waals surface area (Å²) in [5.41, 5.74) is 2.41. The lowest BCUT2D eigenvalue weighted by Gasteiger charge is -2.22. The van der Waals surface area contributed by atoms with Crippen molar-refractivity contribution in [2.24, 2.45) is 13.0 Å². The molecule has 0 bridgehead atoms. The van der Waals surface area contributed by atoms with Gasteiger partial charge in [-0.05, 0) is 23.6 Å². The average molecular weight is 403 g/mol. The van der Waals surface area contributed by atoms with Crippen molar-refractivity contribution in [3.8, 4) is 6.07 Å². The minimum atomic E-state index is -0.440. The Labute approximate surface area is 176 Å². The van der Waals surface area contributed by atoms with Crippen LogP contribution in [0, 0.1) is 17.2 Å². The Hall–Kier alpha value is -3.59. The Bertz CT molecular complexity index is 1110. The fourth-order valence-electron chi connectivity index (χ4n) is 3.51. The number of allylic oxidation sites excluding steroid dienone is 1. The van der Waals surface area contributed by atoms with Gasteiger partial charge in [-0.15, -0.1) is 0 Å². The van der Waals surface area contributed by atoms with Crippen LogP contribution in [0.1, 0.15) is 37.6 Å². The Kier molecular flexibility index (Phi) is 6.53. The molecule has 0 aliphatic rings. The summed E-state index contributed by atoms with van der Waals surface area (Å²) in [4.78, 5) is 17.3. The highest BCUT2D eigenvalue weighted by Crippen LogP contribution is 2.29. The van der Waals surface area contributed by atoms with Crippen molar-refractivity contribution in [2.45, 2.75) is 26.2 Å². The van der Waals surface area contributed by atoms with Gasteiger partial charge in [0.25, 0.3) is 0 Å². The number of hydrogen-bond acceptors (Lipinski definition) is 5. The summed E-state index contributed by atoms with van der Waals surface area (Å²) < 4.78 is 7.16. The molecule has 154 valence electrons. The third kappa shape index (κ3) is 4.20. The molecule has 0 unspecified atom stereocenters. The lowest BCUT2D eigenvalue weighted by atomic mass is 9.86. The standard InChI is InChI=1S/C24H25N3O3/c1-4-16(2)22(17-10-6-5-7-11-17)24(29)30-15-21(28)18(14-25)23-26-19-12-8-9-13-20(19)27(23)3/h5-13,16,22,28H,4,15H2,1-3H3/b21-18-/t16-,22+/m1/s1. The Morgan fingerprint density at radius 3 is 2.50 bits per heavy atom. The monoisotopic (exact) mass is 403 g/mol. The van der Waals surface area contributed by atoms with Gasteiger partial charge in [0.1, 0.15) is 18.2 Å². The quantitative estimate of drug-likeness (QED) is 0.350. The third-order valence-electron chi connectivity index (χ3n) is 5.39. The lowest BCUT2D eigenvalue weighted by molar-refractivity contribution is -0.146. The summed E-state index contributed by atoms with van der Waals surface area (Å²) in [5, 5.41) is 20.2. The first-order valence-electron chi connectivity index (χ1n) is 9.93. The molecule has 0 amide bonds. The second-order valence-electron chi connectivity index (χ2n) is 7.30. The number of para-hydroxylation sites is 2. The molecule has 6 heteroatoms. The minimum absolute atomic E-state index is 0.0127. The summed E-state index contributed by atoms with van der Waals surface area (Å²) in [6.45, 7) is 3.63. The number of carbonyl (C=O) groups is 1. The van der Waals surface area contributed by atoms with E-state index in [0.29, 0.717) is 11.3 Å². The molecule has 3 aromatic rings. The first-order valence-corrected chi connectivity index (χ1v) is 9.93. The molecule has 0 aliphatic heterocycles. The van der Waals surface area contributed by atoms with E-state index in [0.717, 1.165) is 17.5 Å². The van der Waals surface area contributed by atoms with Crippen molar-refractivity contribution >= 4 is 22.6 Å². The number of hydrogen-bond donors (Lipinski definition) is 1. The number of imidazole rings is 1. The largest absolute Gasteiger partial charge is 0.507 e. The van der Waals surface area contributed by atoms with Gasteiger partial charge in [-0.2, -0.15) is 5.26 Å². The molecular weight excluding hydrogens is 378 g/mol. The number of ether oxygens (including phenoxy) is 1. The van der Waals surface area contributed by atoms with Gasteiger partial charge in [0.15, 0.2) is 11.6 Å². The predicted molar refractivity (Wildman–Crippen MR) is 115 cm³/mol. The fourth-order valence-corrected chi connectivity index (χ4v) is 3.51. The van der Waals surface area contributed by atoms with E-state index in [9.17, 15) is 15.2 Å². The van der Waals surface area contributed by atoms with Crippen molar-refractivity contribution in [2.75, 3.05) is 6.61 Å². The molecule has 0 radical (unpaired) electrons. The molecule has 1 heterocycles. The zero-order valence-electron chi connectivity index (χ0n) is 17.4. The molecule has 0 aliphatic carbocycles. The molecule has 0 saturated carbocycles. The van der Waals surface area contributed by atoms with Gasteiger partial charge >= 0.3 is 5.97 Å². The number of rotatable bonds is 7. The first-order chi connectivity index (χ1) is 14.5. The van der Waals surface area contributed by atoms with Gasteiger partial charge in [-0.3, -0.25) is 4.79 Å². The smallest absolute Gasteiger partial charge is 0.314 e. The molecule has 0 fully saturated rings. The van der Waals surface area contributed by atoms with E-state index < -0.39 is 11.9 Å². The van der Waals surface area contributed by atoms with E-state index in [1.165, 1.54) is 0 Å². The second kappa shape index (κ2) is 9.27. The van der Waals surface area contributed by atoms with Gasteiger partial charge < -0.3 is 14.4 Å². The van der Waals surface area contributed by atoms with Crippen molar-refractivity contribution in [3.05, 3.63) is 71.7 Å². The average Bonchev–Trinajstić information content (AvgIpc) is 3.10. The molecule has 30 heavy (non-hydrogen) atoms. The van der Waals surface area contributed by atoms with Gasteiger partial charge in [0.05, 0.1) is 17.0 Å². The molecular formula is C24H25N3O3. The molecule has 0 spiro atoms. The molecule has 3 rings (SSSR count). The number of aromatic nitrogens is 2. The SMILES string of the molecule is CC[C@@H](C)[C@H](C(=O)OC/C(O)=C(\C#N)c1nc2ccccc2n1C)c1ccccc1. The summed E-state index contributed by atoms with van der Waals surface area (Å²) in [6.07, 6.45) is 0.805. The van der Waals surface area contributed by atoms with Crippen LogP contribution in [0.2, 0.25) is 0 Å². The summed E-state index contributed by atoms with van der Waals surface area (Å²) in [7, 11) is 1.77. The van der Waals surface area contributed by atoms with E-state index in [4.69, 9.17) is 4.74 Å². The molecule has 1 N–H and O–H groups in total. The summed E-state index contributed by atoms with van der Waals surface area (Å²) in [6, 6.07) is 18.9. The van der Waals surface area contributed by atoms with E-state index in [1.807, 2.05) is 74.5 Å². The van der Waals surface area contributed by atoms with Crippen LogP contribution in [0.15, 0.2) is 60.4 Å². The zero-order valence-corrected chi connectivity index (χ0v) is 17.4. The number of aliphatic hydroxyl groups is 1. The van der Waals surface area contributed by atoms with Crippen LogP contribution < -0.4 is 0 Å². The van der Waals surface area contributed by atoms with Crippen LogP contribution in [-0.2, 0) is 16.6 Å². The second-order valence-corrected chi connectivity index (χ2v) is 7.30. The van der Waals surface area contributed by atoms with E-state index >= 15 is 0 Å². The Morgan fingerprint density at radius 1 is 1.20 bits per heavy atom. The lowest BCUT2D eigenvalue weighted by Crippen LogP contribution is -2.23. The number of nitriles is 1. The van der Waals surface area contributed by atoms with Crippen LogP contribution in [-0.4, -0.2) is 27.2 Å². The molecule has 1 aromatic heterocycles. The number of nitrogens with zero attached hydrogens (tertiary/aromatic N) is 3. The Balaban J connectivity index is 1.84. The number of carbonyl (C=O) groups excluding carboxylic acids is 1. The zero-order chi connectivity index (χ0) is 21.7. The maximum Gasteiger partial charge on any atom is 0.314 e. The van der Waals surface area contributed by atoms with Crippen LogP contribution in [0.5, 0.6) is 0 Å². The van der Waals surface area contributed by atoms with Gasteiger partial charge in [0, 0.05) is 7.05 Å². The van der Waals surface area contributed by atoms with Gasteiger partial charge in [0.2, 0.25) is 0 Å². The molecule has 0 saturated heterocycles. The van der Waals surface area contributed by atoms with Gasteiger partial charge in [-0.25, -0.2) is 4.98 Å². The number of aliphatic hydroxyl groups excluding tert-OH is 1. The highest BCUT2D eigenvalue weighted by molar-refractivity contribution is 5.84. The van der Waals surface area contributed by atoms with Gasteiger partial charge in [-0.1, -0.05) is 62.7 Å². The number of esters is 1. The number of benzene rings is 2. The van der Waals surface area contributed by atoms with Crippen molar-refractivity contribution < 1.29 is 14.6 Å². The van der Waals surface area contributed by atoms with Crippen LogP contribution in [0.4, 0.5) is 0 Å². The maximum absolute atomic E-state index is 12.8. The third-order valence-corrected chi connectivity index (χ3v) is 5.39. The molecule has 2 aromatic carbocycles. The van der Waals surface area contributed by atoms with Crippen LogP contribution in [0.3, 0.4) is 0 Å². The molecule has 2 atom stereocenters. The highest BCUT2D eigenvalue weighted by Gasteiger charge is 2.28. The number of fused-ring (bicyclic) bond motifs is 1. The van der Waals surface area contributed by atoms with Crippen molar-refractivity contribution in [1.82, 2.24) is 9.55 Å². The van der Waals surface area contributed by atoms with Crippen molar-refractivity contribution in [1.29, 1.82) is 5.26 Å². The van der Waals surface area contributed by atoms with Crippen LogP contribution in [0.25, 0.3) is 16.6 Å². The maximum atomic E-state index is 12.8. The Morgan fingerprint density at radius 2 is 1.87 bits per heavy atom. The molecule has 6 nitrogen and oxygen atoms in total. The summed E-state index contributed by atoms with van der Waals surface area (Å²) in [5.74, 6) is -0.787. The summed E-state index contributed by atoms with van der Waals surface area (Å²) >= 11 is 0. The van der Waals surface area contributed by atoms with E-state index in [1.54, 1.807) is 11.6 Å². The topological polar surface area (TPSA) is 88.1 Å². The number of aryl methyl sites for hydroxylation is 1. The van der Waals surface area contributed by atoms with Crippen molar-refractivity contribution in [3.63, 3.8) is 0 Å². The van der Waals surface area contributed by atoms with E-state index in [-0.39, 0.29) is 23.9 Å².